The first-order chi connectivity index (χ1) is 21.1. The van der Waals surface area contributed by atoms with E-state index >= 15 is 0 Å². The molecule has 1 aromatic heterocycles. The van der Waals surface area contributed by atoms with Crippen molar-refractivity contribution in [3.8, 4) is 11.8 Å². The SMILES string of the molecule is COc1cc(CC(Cl)N(CC2CCN(C(=O)OC(C)(C)C)CC2)C(=O)OC(C)(C)C)ccc1NC(=O)Nc1cnc(C#N)cn1. The number of likely N-dealkylation sites (tertiary alicyclic amines) is 1. The summed E-state index contributed by atoms with van der Waals surface area (Å²) in [6, 6.07) is 6.47. The molecule has 45 heavy (non-hydrogen) atoms. The summed E-state index contributed by atoms with van der Waals surface area (Å²) in [5.74, 6) is 0.665. The number of benzene rings is 1. The first-order valence-corrected chi connectivity index (χ1v) is 15.1. The van der Waals surface area contributed by atoms with Crippen molar-refractivity contribution >= 4 is 41.3 Å². The number of aromatic nitrogens is 2. The molecule has 0 saturated carbocycles. The molecule has 1 unspecified atom stereocenters. The first kappa shape index (κ1) is 35.2. The van der Waals surface area contributed by atoms with E-state index in [9.17, 15) is 14.4 Å². The van der Waals surface area contributed by atoms with E-state index in [4.69, 9.17) is 31.1 Å². The molecule has 0 spiro atoms. The number of anilines is 2. The summed E-state index contributed by atoms with van der Waals surface area (Å²) < 4.78 is 16.7. The molecule has 4 amide bonds. The molecule has 1 aliphatic heterocycles. The highest BCUT2D eigenvalue weighted by atomic mass is 35.5. The van der Waals surface area contributed by atoms with Gasteiger partial charge in [0.15, 0.2) is 11.5 Å². The maximum Gasteiger partial charge on any atom is 0.411 e. The zero-order chi connectivity index (χ0) is 33.4. The molecule has 13 nitrogen and oxygen atoms in total. The number of halogens is 1. The van der Waals surface area contributed by atoms with Gasteiger partial charge in [0.05, 0.1) is 25.2 Å². The fourth-order valence-electron chi connectivity index (χ4n) is 4.52. The predicted molar refractivity (Wildman–Crippen MR) is 169 cm³/mol. The van der Waals surface area contributed by atoms with Gasteiger partial charge in [-0.1, -0.05) is 17.7 Å². The maximum atomic E-state index is 13.3. The van der Waals surface area contributed by atoms with Crippen LogP contribution in [0.2, 0.25) is 0 Å². The van der Waals surface area contributed by atoms with E-state index in [1.54, 1.807) is 43.9 Å². The van der Waals surface area contributed by atoms with Gasteiger partial charge in [0.25, 0.3) is 0 Å². The lowest BCUT2D eigenvalue weighted by atomic mass is 9.96. The van der Waals surface area contributed by atoms with Crippen LogP contribution in [0, 0.1) is 17.2 Å². The summed E-state index contributed by atoms with van der Waals surface area (Å²) in [4.78, 5) is 49.4. The van der Waals surface area contributed by atoms with E-state index in [1.165, 1.54) is 24.4 Å². The number of hydrogen-bond acceptors (Lipinski definition) is 9. The van der Waals surface area contributed by atoms with Gasteiger partial charge in [0.1, 0.15) is 28.5 Å². The molecule has 0 bridgehead atoms. The van der Waals surface area contributed by atoms with Crippen molar-refractivity contribution < 1.29 is 28.6 Å². The Kier molecular flexibility index (Phi) is 11.8. The Morgan fingerprint density at radius 1 is 1.07 bits per heavy atom. The molecule has 3 rings (SSSR count). The summed E-state index contributed by atoms with van der Waals surface area (Å²) in [5.41, 5.74) is -0.740. The van der Waals surface area contributed by atoms with Gasteiger partial charge in [-0.25, -0.2) is 24.4 Å². The van der Waals surface area contributed by atoms with Crippen LogP contribution in [0.4, 0.5) is 25.9 Å². The van der Waals surface area contributed by atoms with E-state index in [2.05, 4.69) is 20.6 Å². The van der Waals surface area contributed by atoms with Crippen LogP contribution in [0.5, 0.6) is 5.75 Å². The molecule has 244 valence electrons. The van der Waals surface area contributed by atoms with Crippen molar-refractivity contribution in [1.82, 2.24) is 19.8 Å². The lowest BCUT2D eigenvalue weighted by molar-refractivity contribution is 0.00805. The molecule has 1 aliphatic rings. The number of nitrogens with zero attached hydrogens (tertiary/aromatic N) is 5. The highest BCUT2D eigenvalue weighted by molar-refractivity contribution is 6.21. The average Bonchev–Trinajstić information content (AvgIpc) is 2.95. The van der Waals surface area contributed by atoms with Crippen LogP contribution >= 0.6 is 11.6 Å². The van der Waals surface area contributed by atoms with E-state index < -0.39 is 28.8 Å². The molecule has 1 atom stereocenters. The van der Waals surface area contributed by atoms with Crippen LogP contribution in [-0.2, 0) is 15.9 Å². The summed E-state index contributed by atoms with van der Waals surface area (Å²) in [7, 11) is 1.48. The standard InChI is InChI=1S/C31H42ClN7O6/c1-30(2,3)44-28(41)38-12-10-20(11-13-38)19-39(29(42)45-31(4,5)6)25(32)15-21-8-9-23(24(14-21)43-7)36-27(40)37-26-18-34-22(16-33)17-35-26/h8-9,14,17-18,20,25H,10-13,15,19H2,1-7H3,(H2,35,36,37,40). The number of carbonyl (C=O) groups is 3. The third-order valence-electron chi connectivity index (χ3n) is 6.61. The van der Waals surface area contributed by atoms with Crippen LogP contribution in [0.3, 0.4) is 0 Å². The van der Waals surface area contributed by atoms with Crippen molar-refractivity contribution in [2.75, 3.05) is 37.4 Å². The third kappa shape index (κ3) is 11.3. The van der Waals surface area contributed by atoms with Crippen molar-refractivity contribution in [3.05, 3.63) is 41.9 Å². The number of carbonyl (C=O) groups excluding carboxylic acids is 3. The quantitative estimate of drug-likeness (QED) is 0.260. The molecule has 1 aromatic carbocycles. The minimum absolute atomic E-state index is 0.109. The van der Waals surface area contributed by atoms with Crippen LogP contribution in [0.1, 0.15) is 65.6 Å². The minimum Gasteiger partial charge on any atom is -0.495 e. The molecule has 2 N–H and O–H groups in total. The van der Waals surface area contributed by atoms with Gasteiger partial charge >= 0.3 is 18.2 Å². The summed E-state index contributed by atoms with van der Waals surface area (Å²) in [5, 5.41) is 14.1. The minimum atomic E-state index is -0.745. The normalized spacial score (nSPS) is 14.5. The number of rotatable bonds is 8. The van der Waals surface area contributed by atoms with Gasteiger partial charge in [0.2, 0.25) is 0 Å². The second kappa shape index (κ2) is 15.1. The third-order valence-corrected chi connectivity index (χ3v) is 7.00. The van der Waals surface area contributed by atoms with Crippen LogP contribution in [0.25, 0.3) is 0 Å². The number of nitrogens with one attached hydrogen (secondary N) is 2. The van der Waals surface area contributed by atoms with Gasteiger partial charge in [0, 0.05) is 26.1 Å². The molecule has 2 heterocycles. The molecule has 1 fully saturated rings. The van der Waals surface area contributed by atoms with Gasteiger partial charge in [-0.2, -0.15) is 5.26 Å². The zero-order valence-electron chi connectivity index (χ0n) is 26.8. The Bertz CT molecular complexity index is 1380. The monoisotopic (exact) mass is 643 g/mol. The molecular formula is C31H42ClN7O6. The fraction of sp³-hybridized carbons (Fsp3) is 0.548. The Morgan fingerprint density at radius 3 is 2.29 bits per heavy atom. The number of hydrogen-bond donors (Lipinski definition) is 2. The van der Waals surface area contributed by atoms with Crippen LogP contribution < -0.4 is 15.4 Å². The van der Waals surface area contributed by atoms with E-state index in [0.29, 0.717) is 43.9 Å². The number of methoxy groups -OCH3 is 1. The summed E-state index contributed by atoms with van der Waals surface area (Å²) >= 11 is 6.89. The van der Waals surface area contributed by atoms with Crippen molar-refractivity contribution in [2.24, 2.45) is 5.92 Å². The first-order valence-electron chi connectivity index (χ1n) is 14.7. The Balaban J connectivity index is 1.67. The predicted octanol–water partition coefficient (Wildman–Crippen LogP) is 5.99. The second-order valence-electron chi connectivity index (χ2n) is 12.7. The van der Waals surface area contributed by atoms with Crippen molar-refractivity contribution in [1.29, 1.82) is 5.26 Å². The van der Waals surface area contributed by atoms with E-state index in [0.717, 1.165) is 5.56 Å². The summed E-state index contributed by atoms with van der Waals surface area (Å²) in [6.45, 7) is 12.3. The largest absolute Gasteiger partial charge is 0.495 e. The number of alkyl halides is 1. The number of amides is 4. The van der Waals surface area contributed by atoms with Gasteiger partial charge in [-0.05, 0) is 78.0 Å². The molecule has 1 saturated heterocycles. The number of piperidine rings is 1. The van der Waals surface area contributed by atoms with Crippen molar-refractivity contribution in [3.63, 3.8) is 0 Å². The van der Waals surface area contributed by atoms with E-state index in [-0.39, 0.29) is 29.9 Å². The Morgan fingerprint density at radius 2 is 1.73 bits per heavy atom. The van der Waals surface area contributed by atoms with Gasteiger partial charge < -0.3 is 24.4 Å². The maximum absolute atomic E-state index is 13.3. The second-order valence-corrected chi connectivity index (χ2v) is 13.2. The van der Waals surface area contributed by atoms with Crippen molar-refractivity contribution in [2.45, 2.75) is 77.5 Å². The molecule has 2 aromatic rings. The lowest BCUT2D eigenvalue weighted by Crippen LogP contribution is -2.47. The lowest BCUT2D eigenvalue weighted by Gasteiger charge is -2.37. The number of ether oxygens (including phenoxy) is 3. The zero-order valence-corrected chi connectivity index (χ0v) is 27.6. The molecular weight excluding hydrogens is 602 g/mol. The molecule has 0 radical (unpaired) electrons. The topological polar surface area (TPSA) is 159 Å². The fourth-order valence-corrected chi connectivity index (χ4v) is 4.85. The van der Waals surface area contributed by atoms with Crippen LogP contribution in [0.15, 0.2) is 30.6 Å². The molecule has 0 aliphatic carbocycles. The van der Waals surface area contributed by atoms with Gasteiger partial charge in [-0.3, -0.25) is 10.2 Å². The highest BCUT2D eigenvalue weighted by Gasteiger charge is 2.33. The molecule has 14 heteroatoms. The number of nitriles is 1. The average molecular weight is 644 g/mol. The van der Waals surface area contributed by atoms with E-state index in [1.807, 2.05) is 26.8 Å². The smallest absolute Gasteiger partial charge is 0.411 e. The Hall–Kier alpha value is -4.31. The summed E-state index contributed by atoms with van der Waals surface area (Å²) in [6.07, 6.45) is 3.32. The van der Waals surface area contributed by atoms with Crippen LogP contribution in [-0.4, -0.2) is 81.4 Å². The Labute approximate surface area is 269 Å². The highest BCUT2D eigenvalue weighted by Crippen LogP contribution is 2.29. The van der Waals surface area contributed by atoms with Gasteiger partial charge in [-0.15, -0.1) is 0 Å². The number of urea groups is 1.